The van der Waals surface area contributed by atoms with Crippen LogP contribution in [0.25, 0.3) is 0 Å². The summed E-state index contributed by atoms with van der Waals surface area (Å²) in [6.07, 6.45) is 2.71. The zero-order chi connectivity index (χ0) is 14.1. The van der Waals surface area contributed by atoms with Gasteiger partial charge in [-0.3, -0.25) is 0 Å². The van der Waals surface area contributed by atoms with E-state index in [2.05, 4.69) is 37.2 Å². The van der Waals surface area contributed by atoms with Crippen molar-refractivity contribution in [3.8, 4) is 0 Å². The number of fused-ring (bicyclic) bond motifs is 1. The largest absolute Gasteiger partial charge is 0.325 e. The van der Waals surface area contributed by atoms with Gasteiger partial charge < -0.3 is 10.2 Å². The minimum atomic E-state index is -0.206. The molecule has 2 aromatic rings. The predicted octanol–water partition coefficient (Wildman–Crippen LogP) is 3.40. The summed E-state index contributed by atoms with van der Waals surface area (Å²) in [5.74, 6) is 0.690. The van der Waals surface area contributed by atoms with Gasteiger partial charge in [0.25, 0.3) is 0 Å². The second-order valence-corrected chi connectivity index (χ2v) is 5.76. The van der Waals surface area contributed by atoms with Gasteiger partial charge in [-0.05, 0) is 53.2 Å². The van der Waals surface area contributed by atoms with Crippen LogP contribution in [0.2, 0.25) is 0 Å². The van der Waals surface area contributed by atoms with Crippen LogP contribution in [0.1, 0.15) is 11.1 Å². The second-order valence-electron chi connectivity index (χ2n) is 4.84. The number of nitrogens with one attached hydrogen (secondary N) is 1. The van der Waals surface area contributed by atoms with Crippen molar-refractivity contribution < 1.29 is 4.39 Å². The number of rotatable bonds is 3. The molecule has 3 nitrogen and oxygen atoms in total. The fourth-order valence-corrected chi connectivity index (χ4v) is 2.99. The van der Waals surface area contributed by atoms with E-state index < -0.39 is 0 Å². The van der Waals surface area contributed by atoms with Crippen molar-refractivity contribution in [1.82, 2.24) is 10.3 Å². The van der Waals surface area contributed by atoms with Crippen LogP contribution in [0.4, 0.5) is 15.9 Å². The topological polar surface area (TPSA) is 28.2 Å². The molecule has 0 fully saturated rings. The van der Waals surface area contributed by atoms with Crippen molar-refractivity contribution in [3.05, 3.63) is 51.9 Å². The van der Waals surface area contributed by atoms with E-state index in [0.717, 1.165) is 41.1 Å². The molecule has 104 valence electrons. The monoisotopic (exact) mass is 335 g/mol. The van der Waals surface area contributed by atoms with E-state index in [9.17, 15) is 4.39 Å². The average Bonchev–Trinajstić information content (AvgIpc) is 2.82. The first kappa shape index (κ1) is 13.5. The van der Waals surface area contributed by atoms with Crippen molar-refractivity contribution >= 4 is 27.4 Å². The molecule has 1 aromatic heterocycles. The van der Waals surface area contributed by atoms with E-state index in [-0.39, 0.29) is 5.82 Å². The molecule has 0 aliphatic carbocycles. The fraction of sp³-hybridized carbons (Fsp3) is 0.267. The van der Waals surface area contributed by atoms with E-state index in [4.69, 9.17) is 0 Å². The summed E-state index contributed by atoms with van der Waals surface area (Å²) in [7, 11) is 1.91. The SMILES string of the molecule is CNCc1cc(Br)cnc1N1CCc2ccc(F)cc21. The molecule has 0 atom stereocenters. The van der Waals surface area contributed by atoms with Crippen molar-refractivity contribution in [1.29, 1.82) is 0 Å². The zero-order valence-corrected chi connectivity index (χ0v) is 12.7. The summed E-state index contributed by atoms with van der Waals surface area (Å²) in [4.78, 5) is 6.62. The lowest BCUT2D eigenvalue weighted by molar-refractivity contribution is 0.628. The summed E-state index contributed by atoms with van der Waals surface area (Å²) in [5, 5.41) is 3.15. The van der Waals surface area contributed by atoms with E-state index in [1.165, 1.54) is 11.6 Å². The first-order chi connectivity index (χ1) is 9.69. The van der Waals surface area contributed by atoms with E-state index in [1.54, 1.807) is 12.3 Å². The highest BCUT2D eigenvalue weighted by atomic mass is 79.9. The van der Waals surface area contributed by atoms with E-state index in [1.807, 2.05) is 13.1 Å². The van der Waals surface area contributed by atoms with Crippen LogP contribution in [0.5, 0.6) is 0 Å². The number of pyridine rings is 1. The molecule has 5 heteroatoms. The molecule has 0 radical (unpaired) electrons. The van der Waals surface area contributed by atoms with Gasteiger partial charge in [-0.1, -0.05) is 6.07 Å². The normalized spacial score (nSPS) is 13.7. The van der Waals surface area contributed by atoms with Crippen LogP contribution >= 0.6 is 15.9 Å². The first-order valence-corrected chi connectivity index (χ1v) is 7.33. The number of hydrogen-bond donors (Lipinski definition) is 1. The Hall–Kier alpha value is -1.46. The standard InChI is InChI=1S/C15H15BrFN3/c1-18-8-11-6-12(16)9-19-15(11)20-5-4-10-2-3-13(17)7-14(10)20/h2-3,6-7,9,18H,4-5,8H2,1H3. The maximum Gasteiger partial charge on any atom is 0.137 e. The van der Waals surface area contributed by atoms with Gasteiger partial charge in [0, 0.05) is 35.0 Å². The third-order valence-electron chi connectivity index (χ3n) is 3.48. The smallest absolute Gasteiger partial charge is 0.137 e. The van der Waals surface area contributed by atoms with Crippen LogP contribution in [0.3, 0.4) is 0 Å². The minimum absolute atomic E-state index is 0.206. The predicted molar refractivity (Wildman–Crippen MR) is 81.8 cm³/mol. The summed E-state index contributed by atoms with van der Waals surface area (Å²) in [6.45, 7) is 1.56. The van der Waals surface area contributed by atoms with Gasteiger partial charge in [-0.15, -0.1) is 0 Å². The van der Waals surface area contributed by atoms with Crippen molar-refractivity contribution in [3.63, 3.8) is 0 Å². The van der Waals surface area contributed by atoms with Gasteiger partial charge in [0.15, 0.2) is 0 Å². The Morgan fingerprint density at radius 3 is 3.05 bits per heavy atom. The molecule has 0 amide bonds. The fourth-order valence-electron chi connectivity index (χ4n) is 2.61. The Bertz CT molecular complexity index is 645. The average molecular weight is 336 g/mol. The molecule has 2 heterocycles. The molecule has 0 saturated heterocycles. The second kappa shape index (κ2) is 5.50. The molecule has 0 spiro atoms. The molecule has 20 heavy (non-hydrogen) atoms. The number of nitrogens with zero attached hydrogens (tertiary/aromatic N) is 2. The lowest BCUT2D eigenvalue weighted by Crippen LogP contribution is -2.19. The molecular formula is C15H15BrFN3. The van der Waals surface area contributed by atoms with Crippen LogP contribution in [-0.2, 0) is 13.0 Å². The zero-order valence-electron chi connectivity index (χ0n) is 11.2. The van der Waals surface area contributed by atoms with Crippen LogP contribution in [-0.4, -0.2) is 18.6 Å². The first-order valence-electron chi connectivity index (χ1n) is 6.54. The molecule has 1 N–H and O–H groups in total. The molecule has 3 rings (SSSR count). The molecule has 1 aromatic carbocycles. The molecule has 0 bridgehead atoms. The molecular weight excluding hydrogens is 321 g/mol. The molecule has 0 unspecified atom stereocenters. The molecule has 1 aliphatic heterocycles. The third-order valence-corrected chi connectivity index (χ3v) is 3.91. The summed E-state index contributed by atoms with van der Waals surface area (Å²) < 4.78 is 14.4. The van der Waals surface area contributed by atoms with Gasteiger partial charge in [-0.25, -0.2) is 9.37 Å². The summed E-state index contributed by atoms with van der Waals surface area (Å²) in [5.41, 5.74) is 3.20. The number of hydrogen-bond acceptors (Lipinski definition) is 3. The van der Waals surface area contributed by atoms with E-state index in [0.29, 0.717) is 0 Å². The minimum Gasteiger partial charge on any atom is -0.325 e. The highest BCUT2D eigenvalue weighted by Crippen LogP contribution is 2.36. The lowest BCUT2D eigenvalue weighted by atomic mass is 10.1. The Labute approximate surface area is 126 Å². The van der Waals surface area contributed by atoms with Gasteiger partial charge in [-0.2, -0.15) is 0 Å². The molecule has 0 saturated carbocycles. The maximum atomic E-state index is 13.5. The highest BCUT2D eigenvalue weighted by Gasteiger charge is 2.23. The summed E-state index contributed by atoms with van der Waals surface area (Å²) >= 11 is 3.45. The number of halogens is 2. The summed E-state index contributed by atoms with van der Waals surface area (Å²) in [6, 6.07) is 7.03. The Morgan fingerprint density at radius 1 is 1.40 bits per heavy atom. The Kier molecular flexibility index (Phi) is 3.72. The molecule has 1 aliphatic rings. The third kappa shape index (κ3) is 2.43. The van der Waals surface area contributed by atoms with Gasteiger partial charge in [0.1, 0.15) is 11.6 Å². The van der Waals surface area contributed by atoms with Gasteiger partial charge >= 0.3 is 0 Å². The number of anilines is 2. The van der Waals surface area contributed by atoms with Crippen molar-refractivity contribution in [2.45, 2.75) is 13.0 Å². The Morgan fingerprint density at radius 2 is 2.25 bits per heavy atom. The maximum absolute atomic E-state index is 13.5. The van der Waals surface area contributed by atoms with Gasteiger partial charge in [0.2, 0.25) is 0 Å². The Balaban J connectivity index is 2.05. The highest BCUT2D eigenvalue weighted by molar-refractivity contribution is 9.10. The van der Waals surface area contributed by atoms with Gasteiger partial charge in [0.05, 0.1) is 0 Å². The van der Waals surface area contributed by atoms with Crippen molar-refractivity contribution in [2.75, 3.05) is 18.5 Å². The van der Waals surface area contributed by atoms with Crippen LogP contribution in [0, 0.1) is 5.82 Å². The lowest BCUT2D eigenvalue weighted by Gasteiger charge is -2.21. The van der Waals surface area contributed by atoms with E-state index >= 15 is 0 Å². The van der Waals surface area contributed by atoms with Crippen LogP contribution in [0.15, 0.2) is 34.9 Å². The van der Waals surface area contributed by atoms with Crippen molar-refractivity contribution in [2.24, 2.45) is 0 Å². The van der Waals surface area contributed by atoms with Crippen LogP contribution < -0.4 is 10.2 Å². The number of benzene rings is 1. The number of aromatic nitrogens is 1. The quantitative estimate of drug-likeness (QED) is 0.931.